The highest BCUT2D eigenvalue weighted by atomic mass is 16.5. The van der Waals surface area contributed by atoms with Crippen LogP contribution in [0.1, 0.15) is 17.5 Å². The first-order chi connectivity index (χ1) is 14.7. The lowest BCUT2D eigenvalue weighted by atomic mass is 9.98. The number of methoxy groups -OCH3 is 1. The van der Waals surface area contributed by atoms with Crippen LogP contribution >= 0.6 is 0 Å². The summed E-state index contributed by atoms with van der Waals surface area (Å²) in [5.74, 6) is 1.55. The standard InChI is InChI=1S/C25H32N2O3/c1-3-12-30-25-20(10-7-11-24(25)29-2)15-26-17-22-14-23(28)18-27(22)16-21(26)13-19-8-5-4-6-9-19/h3-11,21-23,28H,1,12-18H2,2H3/t21-,22+,23-/m1/s1. The minimum Gasteiger partial charge on any atom is -0.493 e. The number of hydrogen-bond acceptors (Lipinski definition) is 5. The van der Waals surface area contributed by atoms with E-state index in [2.05, 4.69) is 52.8 Å². The number of benzene rings is 2. The molecule has 160 valence electrons. The Hall–Kier alpha value is -2.34. The van der Waals surface area contributed by atoms with Crippen LogP contribution in [0.4, 0.5) is 0 Å². The first-order valence-electron chi connectivity index (χ1n) is 10.8. The quantitative estimate of drug-likeness (QED) is 0.680. The normalized spacial score (nSPS) is 24.4. The molecule has 0 spiro atoms. The summed E-state index contributed by atoms with van der Waals surface area (Å²) in [6.07, 6.45) is 3.39. The molecule has 4 rings (SSSR count). The van der Waals surface area contributed by atoms with E-state index in [0.29, 0.717) is 18.7 Å². The summed E-state index contributed by atoms with van der Waals surface area (Å²) in [6.45, 7) is 7.73. The topological polar surface area (TPSA) is 45.2 Å². The van der Waals surface area contributed by atoms with Crippen molar-refractivity contribution in [1.29, 1.82) is 0 Å². The zero-order valence-electron chi connectivity index (χ0n) is 17.7. The van der Waals surface area contributed by atoms with Gasteiger partial charge in [-0.3, -0.25) is 9.80 Å². The Labute approximate surface area is 179 Å². The second kappa shape index (κ2) is 9.65. The molecule has 2 aromatic rings. The van der Waals surface area contributed by atoms with Crippen molar-refractivity contribution in [3.05, 3.63) is 72.3 Å². The van der Waals surface area contributed by atoms with E-state index >= 15 is 0 Å². The molecule has 3 atom stereocenters. The fraction of sp³-hybridized carbons (Fsp3) is 0.440. The van der Waals surface area contributed by atoms with Crippen molar-refractivity contribution >= 4 is 0 Å². The molecule has 5 heteroatoms. The van der Waals surface area contributed by atoms with E-state index in [0.717, 1.165) is 56.1 Å². The molecule has 0 bridgehead atoms. The summed E-state index contributed by atoms with van der Waals surface area (Å²) in [7, 11) is 1.68. The molecule has 2 aliphatic rings. The van der Waals surface area contributed by atoms with Gasteiger partial charge in [-0.15, -0.1) is 0 Å². The number of fused-ring (bicyclic) bond motifs is 1. The van der Waals surface area contributed by atoms with Gasteiger partial charge in [0.1, 0.15) is 6.61 Å². The molecule has 1 N–H and O–H groups in total. The van der Waals surface area contributed by atoms with Crippen LogP contribution in [0.2, 0.25) is 0 Å². The van der Waals surface area contributed by atoms with Gasteiger partial charge < -0.3 is 14.6 Å². The molecule has 2 aromatic carbocycles. The smallest absolute Gasteiger partial charge is 0.166 e. The Morgan fingerprint density at radius 2 is 1.93 bits per heavy atom. The Morgan fingerprint density at radius 1 is 1.10 bits per heavy atom. The molecule has 2 aliphatic heterocycles. The van der Waals surface area contributed by atoms with Crippen LogP contribution in [0, 0.1) is 0 Å². The Balaban J connectivity index is 1.58. The van der Waals surface area contributed by atoms with Crippen LogP contribution in [-0.2, 0) is 13.0 Å². The van der Waals surface area contributed by atoms with Crippen molar-refractivity contribution in [3.8, 4) is 11.5 Å². The van der Waals surface area contributed by atoms with E-state index in [4.69, 9.17) is 9.47 Å². The highest BCUT2D eigenvalue weighted by Gasteiger charge is 2.39. The summed E-state index contributed by atoms with van der Waals surface area (Å²) >= 11 is 0. The Morgan fingerprint density at radius 3 is 2.70 bits per heavy atom. The molecule has 0 amide bonds. The third kappa shape index (κ3) is 4.69. The van der Waals surface area contributed by atoms with Crippen LogP contribution in [0.5, 0.6) is 11.5 Å². The van der Waals surface area contributed by atoms with Gasteiger partial charge in [0.25, 0.3) is 0 Å². The van der Waals surface area contributed by atoms with Crippen LogP contribution in [0.3, 0.4) is 0 Å². The number of nitrogens with zero attached hydrogens (tertiary/aromatic N) is 2. The SMILES string of the molecule is C=CCOc1c(CN2C[C@@H]3C[C@@H](O)CN3C[C@H]2Cc2ccccc2)cccc1OC. The number of rotatable bonds is 8. The number of hydrogen-bond donors (Lipinski definition) is 1. The largest absolute Gasteiger partial charge is 0.493 e. The lowest BCUT2D eigenvalue weighted by molar-refractivity contribution is 0.0439. The highest BCUT2D eigenvalue weighted by molar-refractivity contribution is 5.46. The van der Waals surface area contributed by atoms with Crippen molar-refractivity contribution in [3.63, 3.8) is 0 Å². The number of aliphatic hydroxyl groups excluding tert-OH is 1. The van der Waals surface area contributed by atoms with Gasteiger partial charge in [0, 0.05) is 43.8 Å². The van der Waals surface area contributed by atoms with Gasteiger partial charge in [-0.1, -0.05) is 55.1 Å². The number of ether oxygens (including phenoxy) is 2. The minimum absolute atomic E-state index is 0.212. The average Bonchev–Trinajstić information content (AvgIpc) is 3.12. The maximum Gasteiger partial charge on any atom is 0.166 e. The monoisotopic (exact) mass is 408 g/mol. The molecule has 0 unspecified atom stereocenters. The summed E-state index contributed by atoms with van der Waals surface area (Å²) in [5.41, 5.74) is 2.47. The third-order valence-corrected chi connectivity index (χ3v) is 6.23. The van der Waals surface area contributed by atoms with Crippen molar-refractivity contribution in [2.24, 2.45) is 0 Å². The molecule has 0 aliphatic carbocycles. The molecule has 2 heterocycles. The molecule has 2 fully saturated rings. The summed E-state index contributed by atoms with van der Waals surface area (Å²) in [4.78, 5) is 5.03. The fourth-order valence-electron chi connectivity index (χ4n) is 4.82. The van der Waals surface area contributed by atoms with Crippen LogP contribution < -0.4 is 9.47 Å². The lowest BCUT2D eigenvalue weighted by Gasteiger charge is -2.44. The van der Waals surface area contributed by atoms with Crippen LogP contribution in [-0.4, -0.2) is 66.4 Å². The van der Waals surface area contributed by atoms with Crippen LogP contribution in [0.25, 0.3) is 0 Å². The maximum atomic E-state index is 10.2. The Kier molecular flexibility index (Phi) is 6.72. The van der Waals surface area contributed by atoms with Gasteiger partial charge >= 0.3 is 0 Å². The second-order valence-corrected chi connectivity index (χ2v) is 8.32. The zero-order chi connectivity index (χ0) is 20.9. The number of para-hydroxylation sites is 1. The highest BCUT2D eigenvalue weighted by Crippen LogP contribution is 2.34. The minimum atomic E-state index is -0.212. The van der Waals surface area contributed by atoms with E-state index in [9.17, 15) is 5.11 Å². The van der Waals surface area contributed by atoms with E-state index < -0.39 is 0 Å². The molecule has 0 radical (unpaired) electrons. The average molecular weight is 409 g/mol. The molecule has 30 heavy (non-hydrogen) atoms. The van der Waals surface area contributed by atoms with E-state index in [1.165, 1.54) is 5.56 Å². The van der Waals surface area contributed by atoms with Crippen molar-refractivity contribution in [2.45, 2.75) is 37.6 Å². The van der Waals surface area contributed by atoms with Crippen molar-refractivity contribution < 1.29 is 14.6 Å². The van der Waals surface area contributed by atoms with Gasteiger partial charge in [0.2, 0.25) is 0 Å². The third-order valence-electron chi connectivity index (χ3n) is 6.23. The second-order valence-electron chi connectivity index (χ2n) is 8.32. The molecule has 5 nitrogen and oxygen atoms in total. The van der Waals surface area contributed by atoms with Crippen LogP contribution in [0.15, 0.2) is 61.2 Å². The Bertz CT molecular complexity index is 842. The predicted octanol–water partition coefficient (Wildman–Crippen LogP) is 3.12. The molecule has 0 aromatic heterocycles. The molecule has 2 saturated heterocycles. The van der Waals surface area contributed by atoms with Gasteiger partial charge in [-0.2, -0.15) is 0 Å². The number of piperazine rings is 1. The van der Waals surface area contributed by atoms with E-state index in [1.807, 2.05) is 12.1 Å². The van der Waals surface area contributed by atoms with Crippen molar-refractivity contribution in [2.75, 3.05) is 33.4 Å². The van der Waals surface area contributed by atoms with E-state index in [1.54, 1.807) is 13.2 Å². The summed E-state index contributed by atoms with van der Waals surface area (Å²) in [6, 6.07) is 17.6. The predicted molar refractivity (Wildman–Crippen MR) is 119 cm³/mol. The number of aliphatic hydroxyl groups is 1. The van der Waals surface area contributed by atoms with Crippen molar-refractivity contribution in [1.82, 2.24) is 9.80 Å². The maximum absolute atomic E-state index is 10.2. The first-order valence-corrected chi connectivity index (χ1v) is 10.8. The molecule has 0 saturated carbocycles. The summed E-state index contributed by atoms with van der Waals surface area (Å²) in [5, 5.41) is 10.2. The van der Waals surface area contributed by atoms with Gasteiger partial charge in [-0.05, 0) is 24.5 Å². The molecular weight excluding hydrogens is 376 g/mol. The van der Waals surface area contributed by atoms with Gasteiger partial charge in [0.05, 0.1) is 13.2 Å². The summed E-state index contributed by atoms with van der Waals surface area (Å²) < 4.78 is 11.5. The zero-order valence-corrected chi connectivity index (χ0v) is 17.7. The fourth-order valence-corrected chi connectivity index (χ4v) is 4.82. The van der Waals surface area contributed by atoms with E-state index in [-0.39, 0.29) is 6.10 Å². The first kappa shape index (κ1) is 20.9. The lowest BCUT2D eigenvalue weighted by Crippen LogP contribution is -2.56. The van der Waals surface area contributed by atoms with Gasteiger partial charge in [-0.25, -0.2) is 0 Å². The molecular formula is C25H32N2O3. The van der Waals surface area contributed by atoms with Gasteiger partial charge in [0.15, 0.2) is 11.5 Å².